The highest BCUT2D eigenvalue weighted by atomic mass is 16.2. The molecule has 6 heteroatoms. The molecule has 35 heavy (non-hydrogen) atoms. The first kappa shape index (κ1) is 24.5. The van der Waals surface area contributed by atoms with E-state index in [-0.39, 0.29) is 17.4 Å². The van der Waals surface area contributed by atoms with Gasteiger partial charge in [0.25, 0.3) is 0 Å². The maximum absolute atomic E-state index is 13.3. The summed E-state index contributed by atoms with van der Waals surface area (Å²) in [5.74, 6) is 0.878. The van der Waals surface area contributed by atoms with Crippen LogP contribution in [0.3, 0.4) is 0 Å². The normalized spacial score (nSPS) is 27.8. The highest BCUT2D eigenvalue weighted by molar-refractivity contribution is 5.84. The topological polar surface area (TPSA) is 47.1 Å². The number of likely N-dealkylation sites (N-methyl/N-ethyl adjacent to an activating group) is 1. The van der Waals surface area contributed by atoms with Crippen molar-refractivity contribution in [3.05, 3.63) is 42.0 Å². The molecule has 2 atom stereocenters. The number of piperidine rings is 1. The molecular weight excluding hydrogens is 436 g/mol. The highest BCUT2D eigenvalue weighted by Crippen LogP contribution is 2.60. The van der Waals surface area contributed by atoms with Crippen LogP contribution in [0.25, 0.3) is 6.08 Å². The number of carbonyl (C=O) groups is 2. The summed E-state index contributed by atoms with van der Waals surface area (Å²) < 4.78 is 0. The van der Waals surface area contributed by atoms with Crippen LogP contribution in [0.1, 0.15) is 50.5 Å². The fraction of sp³-hybridized carbons (Fsp3) is 0.655. The molecule has 5 rings (SSSR count). The summed E-state index contributed by atoms with van der Waals surface area (Å²) in [4.78, 5) is 35.4. The average molecular weight is 479 g/mol. The number of amides is 2. The molecule has 0 radical (unpaired) electrons. The van der Waals surface area contributed by atoms with Gasteiger partial charge < -0.3 is 9.80 Å². The van der Waals surface area contributed by atoms with E-state index in [1.54, 1.807) is 0 Å². The van der Waals surface area contributed by atoms with Crippen LogP contribution in [0.4, 0.5) is 0 Å². The van der Waals surface area contributed by atoms with Gasteiger partial charge in [0, 0.05) is 51.7 Å². The van der Waals surface area contributed by atoms with Crippen molar-refractivity contribution < 1.29 is 9.59 Å². The molecule has 3 heterocycles. The second kappa shape index (κ2) is 10.8. The maximum Gasteiger partial charge on any atom is 0.239 e. The summed E-state index contributed by atoms with van der Waals surface area (Å²) in [6.45, 7) is 7.19. The number of hydrogen-bond acceptors (Lipinski definition) is 4. The Hall–Kier alpha value is -2.18. The van der Waals surface area contributed by atoms with Gasteiger partial charge in [-0.1, -0.05) is 55.3 Å². The molecule has 4 fully saturated rings. The van der Waals surface area contributed by atoms with Crippen molar-refractivity contribution in [2.45, 2.75) is 51.0 Å². The number of rotatable bonds is 5. The first-order valence-electron chi connectivity index (χ1n) is 13.8. The minimum Gasteiger partial charge on any atom is -0.341 e. The molecule has 2 amide bonds. The van der Waals surface area contributed by atoms with Crippen molar-refractivity contribution in [3.8, 4) is 0 Å². The van der Waals surface area contributed by atoms with Gasteiger partial charge >= 0.3 is 0 Å². The molecule has 0 unspecified atom stereocenters. The lowest BCUT2D eigenvalue weighted by Crippen LogP contribution is -2.51. The molecule has 3 aliphatic heterocycles. The second-order valence-corrected chi connectivity index (χ2v) is 11.2. The Labute approximate surface area is 210 Å². The van der Waals surface area contributed by atoms with Crippen LogP contribution in [0.2, 0.25) is 0 Å². The van der Waals surface area contributed by atoms with Crippen molar-refractivity contribution in [1.82, 2.24) is 19.6 Å². The molecule has 4 aliphatic rings. The van der Waals surface area contributed by atoms with E-state index in [1.807, 2.05) is 6.07 Å². The van der Waals surface area contributed by atoms with Crippen molar-refractivity contribution in [1.29, 1.82) is 0 Å². The van der Waals surface area contributed by atoms with Gasteiger partial charge in [0.2, 0.25) is 11.8 Å². The lowest BCUT2D eigenvalue weighted by Gasteiger charge is -2.38. The second-order valence-electron chi connectivity index (χ2n) is 11.2. The molecule has 6 nitrogen and oxygen atoms in total. The Morgan fingerprint density at radius 1 is 0.886 bits per heavy atom. The SMILES string of the molecule is CN1CCCCC[C@@H]1C(=O)N1CCC2(CC1)C[C@H]2C(=O)N1CCN(C/C=C/c2ccccc2)CC1. The number of carbonyl (C=O) groups excluding carboxylic acids is 2. The molecule has 0 N–H and O–H groups in total. The van der Waals surface area contributed by atoms with Crippen molar-refractivity contribution in [2.24, 2.45) is 11.3 Å². The Bertz CT molecular complexity index is 901. The van der Waals surface area contributed by atoms with E-state index in [1.165, 1.54) is 18.4 Å². The average Bonchev–Trinajstić information content (AvgIpc) is 3.63. The van der Waals surface area contributed by atoms with Crippen LogP contribution >= 0.6 is 0 Å². The third kappa shape index (κ3) is 5.64. The molecule has 1 spiro atoms. The number of piperazine rings is 1. The van der Waals surface area contributed by atoms with E-state index in [9.17, 15) is 9.59 Å². The summed E-state index contributed by atoms with van der Waals surface area (Å²) in [7, 11) is 2.11. The molecule has 1 aromatic carbocycles. The Kier molecular flexibility index (Phi) is 7.59. The molecule has 0 aromatic heterocycles. The number of hydrogen-bond donors (Lipinski definition) is 0. The largest absolute Gasteiger partial charge is 0.341 e. The number of likely N-dealkylation sites (tertiary alicyclic amines) is 2. The molecule has 1 aromatic rings. The minimum absolute atomic E-state index is 0.0574. The van der Waals surface area contributed by atoms with Crippen molar-refractivity contribution >= 4 is 17.9 Å². The van der Waals surface area contributed by atoms with Gasteiger partial charge in [-0.05, 0) is 56.7 Å². The van der Waals surface area contributed by atoms with Crippen LogP contribution in [-0.2, 0) is 9.59 Å². The van der Waals surface area contributed by atoms with Crippen LogP contribution in [0.15, 0.2) is 36.4 Å². The van der Waals surface area contributed by atoms with Gasteiger partial charge in [-0.2, -0.15) is 0 Å². The van der Waals surface area contributed by atoms with E-state index in [2.05, 4.69) is 63.1 Å². The maximum atomic E-state index is 13.3. The van der Waals surface area contributed by atoms with E-state index in [0.717, 1.165) is 84.5 Å². The molecule has 190 valence electrons. The zero-order chi connectivity index (χ0) is 24.3. The first-order valence-corrected chi connectivity index (χ1v) is 13.8. The molecule has 0 bridgehead atoms. The Morgan fingerprint density at radius 3 is 2.34 bits per heavy atom. The van der Waals surface area contributed by atoms with Gasteiger partial charge in [0.05, 0.1) is 6.04 Å². The number of nitrogens with zero attached hydrogens (tertiary/aromatic N) is 4. The Morgan fingerprint density at radius 2 is 1.60 bits per heavy atom. The molecule has 1 saturated carbocycles. The minimum atomic E-state index is 0.0574. The summed E-state index contributed by atoms with van der Waals surface area (Å²) in [5, 5.41) is 0. The third-order valence-electron chi connectivity index (χ3n) is 9.02. The van der Waals surface area contributed by atoms with Gasteiger partial charge in [-0.3, -0.25) is 19.4 Å². The summed E-state index contributed by atoms with van der Waals surface area (Å²) in [5.41, 5.74) is 1.40. The van der Waals surface area contributed by atoms with Crippen LogP contribution in [0.5, 0.6) is 0 Å². The standard InChI is InChI=1S/C29H42N4O2/c1-30-15-7-3-6-12-26(30)28(35)32-17-13-29(14-18-32)23-25(29)27(34)33-21-19-31(20-22-33)16-8-11-24-9-4-2-5-10-24/h2,4-5,8-11,25-26H,3,6-7,12-23H2,1H3/b11-8+/t25-,26+/m0/s1. The zero-order valence-electron chi connectivity index (χ0n) is 21.4. The van der Waals surface area contributed by atoms with Crippen LogP contribution in [0, 0.1) is 11.3 Å². The fourth-order valence-electron chi connectivity index (χ4n) is 6.47. The van der Waals surface area contributed by atoms with E-state index < -0.39 is 0 Å². The van der Waals surface area contributed by atoms with Gasteiger partial charge in [0.15, 0.2) is 0 Å². The van der Waals surface area contributed by atoms with Crippen molar-refractivity contribution in [3.63, 3.8) is 0 Å². The van der Waals surface area contributed by atoms with Crippen molar-refractivity contribution in [2.75, 3.05) is 59.4 Å². The lowest BCUT2D eigenvalue weighted by molar-refractivity contribution is -0.138. The predicted octanol–water partition coefficient (Wildman–Crippen LogP) is 3.35. The predicted molar refractivity (Wildman–Crippen MR) is 140 cm³/mol. The van der Waals surface area contributed by atoms with Crippen LogP contribution < -0.4 is 0 Å². The van der Waals surface area contributed by atoms with Gasteiger partial charge in [-0.25, -0.2) is 0 Å². The number of benzene rings is 1. The zero-order valence-corrected chi connectivity index (χ0v) is 21.4. The summed E-state index contributed by atoms with van der Waals surface area (Å²) in [6, 6.07) is 10.5. The van der Waals surface area contributed by atoms with E-state index in [0.29, 0.717) is 11.8 Å². The summed E-state index contributed by atoms with van der Waals surface area (Å²) in [6.07, 6.45) is 12.0. The Balaban J connectivity index is 1.05. The fourth-order valence-corrected chi connectivity index (χ4v) is 6.47. The summed E-state index contributed by atoms with van der Waals surface area (Å²) >= 11 is 0. The lowest BCUT2D eigenvalue weighted by atomic mass is 9.90. The smallest absolute Gasteiger partial charge is 0.239 e. The molecular formula is C29H42N4O2. The van der Waals surface area contributed by atoms with Gasteiger partial charge in [-0.15, -0.1) is 0 Å². The van der Waals surface area contributed by atoms with E-state index in [4.69, 9.17) is 0 Å². The van der Waals surface area contributed by atoms with E-state index >= 15 is 0 Å². The molecule has 1 aliphatic carbocycles. The quantitative estimate of drug-likeness (QED) is 0.651. The van der Waals surface area contributed by atoms with Gasteiger partial charge in [0.1, 0.15) is 0 Å². The third-order valence-corrected chi connectivity index (χ3v) is 9.02. The molecule has 3 saturated heterocycles. The highest BCUT2D eigenvalue weighted by Gasteiger charge is 2.59. The van der Waals surface area contributed by atoms with Crippen LogP contribution in [-0.4, -0.2) is 96.9 Å². The first-order chi connectivity index (χ1) is 17.1. The monoisotopic (exact) mass is 478 g/mol.